The largest absolute Gasteiger partial charge is 0.311 e. The normalized spacial score (nSPS) is 19.3. The van der Waals surface area contributed by atoms with E-state index in [4.69, 9.17) is 0 Å². The third kappa shape index (κ3) is 4.99. The minimum atomic E-state index is 0.187. The number of fused-ring (bicyclic) bond motifs is 9. The van der Waals surface area contributed by atoms with Crippen molar-refractivity contribution in [2.24, 2.45) is 11.8 Å². The molecule has 3 unspecified atom stereocenters. The highest BCUT2D eigenvalue weighted by atomic mass is 15.1. The number of hydrogen-bond donors (Lipinski definition) is 0. The van der Waals surface area contributed by atoms with Gasteiger partial charge in [-0.2, -0.15) is 0 Å². The average Bonchev–Trinajstić information content (AvgIpc) is 3.94. The first-order valence-corrected chi connectivity index (χ1v) is 19.6. The van der Waals surface area contributed by atoms with Crippen LogP contribution in [0.4, 0.5) is 17.1 Å². The molecule has 8 aromatic carbocycles. The molecule has 0 heterocycles. The lowest BCUT2D eigenvalue weighted by atomic mass is 9.66. The van der Waals surface area contributed by atoms with Crippen molar-refractivity contribution in [1.29, 1.82) is 0 Å². The van der Waals surface area contributed by atoms with Crippen molar-refractivity contribution in [2.75, 3.05) is 4.90 Å². The fourth-order valence-electron chi connectivity index (χ4n) is 10.4. The average molecular weight is 692 g/mol. The Morgan fingerprint density at radius 1 is 0.389 bits per heavy atom. The zero-order valence-corrected chi connectivity index (χ0v) is 30.3. The van der Waals surface area contributed by atoms with Crippen molar-refractivity contribution in [3.05, 3.63) is 199 Å². The van der Waals surface area contributed by atoms with Gasteiger partial charge in [-0.3, -0.25) is 0 Å². The molecule has 0 aliphatic heterocycles. The molecule has 258 valence electrons. The Hall–Kier alpha value is -6.18. The number of anilines is 3. The molecule has 3 aliphatic carbocycles. The van der Waals surface area contributed by atoms with Gasteiger partial charge in [0.25, 0.3) is 0 Å². The monoisotopic (exact) mass is 691 g/mol. The summed E-state index contributed by atoms with van der Waals surface area (Å²) in [4.78, 5) is 2.38. The summed E-state index contributed by atoms with van der Waals surface area (Å²) >= 11 is 0. The number of benzene rings is 8. The third-order valence-corrected chi connectivity index (χ3v) is 12.9. The van der Waals surface area contributed by atoms with Gasteiger partial charge in [0.05, 0.1) is 0 Å². The quantitative estimate of drug-likeness (QED) is 0.168. The fourth-order valence-corrected chi connectivity index (χ4v) is 10.4. The summed E-state index contributed by atoms with van der Waals surface area (Å²) in [6.45, 7) is 0. The zero-order valence-electron chi connectivity index (χ0n) is 30.3. The maximum Gasteiger partial charge on any atom is 0.0462 e. The topological polar surface area (TPSA) is 3.24 Å². The van der Waals surface area contributed by atoms with Gasteiger partial charge < -0.3 is 4.90 Å². The van der Waals surface area contributed by atoms with E-state index in [1.54, 1.807) is 11.1 Å². The minimum Gasteiger partial charge on any atom is -0.311 e. The van der Waals surface area contributed by atoms with Crippen LogP contribution in [0.15, 0.2) is 188 Å². The number of hydrogen-bond acceptors (Lipinski definition) is 1. The van der Waals surface area contributed by atoms with Crippen molar-refractivity contribution in [3.8, 4) is 44.5 Å². The van der Waals surface area contributed by atoms with Gasteiger partial charge in [0, 0.05) is 22.5 Å². The predicted octanol–water partition coefficient (Wildman–Crippen LogP) is 14.4. The van der Waals surface area contributed by atoms with Crippen LogP contribution in [0.5, 0.6) is 0 Å². The summed E-state index contributed by atoms with van der Waals surface area (Å²) in [5.41, 5.74) is 17.1. The molecule has 2 bridgehead atoms. The van der Waals surface area contributed by atoms with Gasteiger partial charge >= 0.3 is 0 Å². The van der Waals surface area contributed by atoms with Gasteiger partial charge in [0.15, 0.2) is 0 Å². The maximum atomic E-state index is 2.55. The summed E-state index contributed by atoms with van der Waals surface area (Å²) in [5, 5.41) is 2.53. The summed E-state index contributed by atoms with van der Waals surface area (Å²) < 4.78 is 0. The van der Waals surface area contributed by atoms with E-state index in [0.29, 0.717) is 0 Å². The van der Waals surface area contributed by atoms with Crippen LogP contribution in [0, 0.1) is 11.8 Å². The zero-order chi connectivity index (χ0) is 35.6. The highest BCUT2D eigenvalue weighted by molar-refractivity contribution is 5.89. The minimum absolute atomic E-state index is 0.187. The Bertz CT molecular complexity index is 2650. The van der Waals surface area contributed by atoms with Crippen molar-refractivity contribution < 1.29 is 0 Å². The van der Waals surface area contributed by atoms with E-state index in [9.17, 15) is 0 Å². The Labute approximate surface area is 318 Å². The third-order valence-electron chi connectivity index (χ3n) is 12.9. The molecule has 0 aromatic heterocycles. The van der Waals surface area contributed by atoms with Gasteiger partial charge in [0.1, 0.15) is 0 Å². The van der Waals surface area contributed by atoms with E-state index in [-0.39, 0.29) is 5.41 Å². The molecule has 1 heteroatoms. The van der Waals surface area contributed by atoms with Crippen molar-refractivity contribution >= 4 is 27.8 Å². The van der Waals surface area contributed by atoms with E-state index in [2.05, 4.69) is 193 Å². The molecule has 0 amide bonds. The predicted molar refractivity (Wildman–Crippen MR) is 227 cm³/mol. The molecule has 0 radical (unpaired) electrons. The summed E-state index contributed by atoms with van der Waals surface area (Å²) in [6.07, 6.45) is 5.46. The van der Waals surface area contributed by atoms with E-state index in [1.165, 1.54) is 81.0 Å². The Morgan fingerprint density at radius 2 is 0.907 bits per heavy atom. The van der Waals surface area contributed by atoms with Gasteiger partial charge in [-0.15, -0.1) is 0 Å². The van der Waals surface area contributed by atoms with Crippen molar-refractivity contribution in [2.45, 2.75) is 31.1 Å². The first kappa shape index (κ1) is 31.4. The SMILES string of the molecule is c1ccc(-c2ccc(N(c3ccc(-c4ccc5c(c4)C4(CC6CCC4C6)c4ccccc4-5)cc3)c3ccc(-c4ccc5ccccc5c4)cc3)cc2)cc1. The molecular weight excluding hydrogens is 651 g/mol. The molecule has 54 heavy (non-hydrogen) atoms. The maximum absolute atomic E-state index is 2.55. The molecule has 3 atom stereocenters. The smallest absolute Gasteiger partial charge is 0.0462 e. The molecule has 11 rings (SSSR count). The van der Waals surface area contributed by atoms with E-state index in [0.717, 1.165) is 28.9 Å². The molecule has 1 spiro atoms. The Kier molecular flexibility index (Phi) is 7.24. The Morgan fingerprint density at radius 3 is 1.56 bits per heavy atom. The molecule has 0 N–H and O–H groups in total. The van der Waals surface area contributed by atoms with Crippen LogP contribution < -0.4 is 4.90 Å². The van der Waals surface area contributed by atoms with Gasteiger partial charge in [-0.05, 0) is 146 Å². The van der Waals surface area contributed by atoms with Gasteiger partial charge in [0.2, 0.25) is 0 Å². The van der Waals surface area contributed by atoms with Gasteiger partial charge in [-0.1, -0.05) is 146 Å². The van der Waals surface area contributed by atoms with Crippen LogP contribution in [-0.2, 0) is 5.41 Å². The summed E-state index contributed by atoms with van der Waals surface area (Å²) in [6, 6.07) is 69.8. The molecule has 1 nitrogen and oxygen atoms in total. The highest BCUT2D eigenvalue weighted by Crippen LogP contribution is 2.65. The molecule has 3 aliphatic rings. The van der Waals surface area contributed by atoms with Crippen LogP contribution in [0.25, 0.3) is 55.3 Å². The number of rotatable bonds is 6. The molecule has 2 fully saturated rings. The highest BCUT2D eigenvalue weighted by Gasteiger charge is 2.56. The second-order valence-corrected chi connectivity index (χ2v) is 15.8. The fraction of sp³-hybridized carbons (Fsp3) is 0.132. The van der Waals surface area contributed by atoms with Crippen LogP contribution in [0.3, 0.4) is 0 Å². The summed E-state index contributed by atoms with van der Waals surface area (Å²) in [7, 11) is 0. The van der Waals surface area contributed by atoms with Crippen LogP contribution >= 0.6 is 0 Å². The molecule has 0 saturated heterocycles. The van der Waals surface area contributed by atoms with Crippen LogP contribution in [-0.4, -0.2) is 0 Å². The van der Waals surface area contributed by atoms with Crippen LogP contribution in [0.1, 0.15) is 36.8 Å². The lowest BCUT2D eigenvalue weighted by Crippen LogP contribution is -2.31. The van der Waals surface area contributed by atoms with Crippen molar-refractivity contribution in [3.63, 3.8) is 0 Å². The number of nitrogens with zero attached hydrogens (tertiary/aromatic N) is 1. The molecule has 8 aromatic rings. The first-order valence-electron chi connectivity index (χ1n) is 19.6. The lowest BCUT2D eigenvalue weighted by molar-refractivity contribution is 0.327. The Balaban J connectivity index is 0.961. The molecule has 2 saturated carbocycles. The lowest BCUT2D eigenvalue weighted by Gasteiger charge is -2.36. The van der Waals surface area contributed by atoms with Gasteiger partial charge in [-0.25, -0.2) is 0 Å². The van der Waals surface area contributed by atoms with E-state index in [1.807, 2.05) is 0 Å². The first-order chi connectivity index (χ1) is 26.7. The van der Waals surface area contributed by atoms with E-state index >= 15 is 0 Å². The second-order valence-electron chi connectivity index (χ2n) is 15.8. The van der Waals surface area contributed by atoms with Crippen LogP contribution in [0.2, 0.25) is 0 Å². The standard InChI is InChI=1S/C53H41N/c1-2-8-37(9-3-1)39-17-25-46(26-18-39)54(47-27-19-40(20-28-47)43-16-15-38-10-4-5-11-42(38)33-43)48-29-21-41(22-30-48)44-23-31-50-49-12-6-7-13-51(49)53(52(50)34-44)35-36-14-24-45(53)32-36/h1-13,15-23,25-31,33-34,36,45H,14,24,32,35H2. The summed E-state index contributed by atoms with van der Waals surface area (Å²) in [5.74, 6) is 1.63. The molecular formula is C53H41N. The van der Waals surface area contributed by atoms with E-state index < -0.39 is 0 Å². The second kappa shape index (κ2) is 12.5. The van der Waals surface area contributed by atoms with Crippen molar-refractivity contribution in [1.82, 2.24) is 0 Å².